The van der Waals surface area contributed by atoms with Gasteiger partial charge in [0.1, 0.15) is 18.0 Å². The SMILES string of the molecule is CCN(Cc1ccccc1)[C@H]1CCC[C@@H](Oc2ccccc2)[C@@H]1O. The minimum Gasteiger partial charge on any atom is -0.488 e. The molecule has 0 aliphatic heterocycles. The van der Waals surface area contributed by atoms with Crippen molar-refractivity contribution < 1.29 is 9.84 Å². The Morgan fingerprint density at radius 3 is 2.33 bits per heavy atom. The summed E-state index contributed by atoms with van der Waals surface area (Å²) in [7, 11) is 0. The van der Waals surface area contributed by atoms with Crippen LogP contribution in [0.2, 0.25) is 0 Å². The van der Waals surface area contributed by atoms with E-state index in [2.05, 4.69) is 36.1 Å². The van der Waals surface area contributed by atoms with Crippen LogP contribution in [0, 0.1) is 0 Å². The van der Waals surface area contributed by atoms with Crippen LogP contribution in [-0.4, -0.2) is 34.8 Å². The van der Waals surface area contributed by atoms with Gasteiger partial charge in [-0.15, -0.1) is 0 Å². The number of para-hydroxylation sites is 1. The Balaban J connectivity index is 1.67. The van der Waals surface area contributed by atoms with E-state index in [0.717, 1.165) is 38.1 Å². The van der Waals surface area contributed by atoms with E-state index in [1.807, 2.05) is 36.4 Å². The van der Waals surface area contributed by atoms with E-state index in [4.69, 9.17) is 4.74 Å². The van der Waals surface area contributed by atoms with Crippen molar-refractivity contribution in [2.24, 2.45) is 0 Å². The van der Waals surface area contributed by atoms with Gasteiger partial charge in [-0.05, 0) is 43.5 Å². The van der Waals surface area contributed by atoms with Crippen LogP contribution in [0.3, 0.4) is 0 Å². The largest absolute Gasteiger partial charge is 0.488 e. The van der Waals surface area contributed by atoms with Gasteiger partial charge in [0.25, 0.3) is 0 Å². The molecule has 0 spiro atoms. The molecule has 0 saturated heterocycles. The molecule has 0 bridgehead atoms. The van der Waals surface area contributed by atoms with E-state index in [1.54, 1.807) is 0 Å². The van der Waals surface area contributed by atoms with Gasteiger partial charge in [-0.1, -0.05) is 55.5 Å². The summed E-state index contributed by atoms with van der Waals surface area (Å²) in [5.74, 6) is 0.841. The van der Waals surface area contributed by atoms with Crippen molar-refractivity contribution in [1.82, 2.24) is 4.90 Å². The first-order valence-corrected chi connectivity index (χ1v) is 8.95. The maximum atomic E-state index is 10.9. The van der Waals surface area contributed by atoms with E-state index in [0.29, 0.717) is 0 Å². The van der Waals surface area contributed by atoms with Crippen LogP contribution < -0.4 is 4.74 Å². The highest BCUT2D eigenvalue weighted by Gasteiger charge is 2.36. The summed E-state index contributed by atoms with van der Waals surface area (Å²) < 4.78 is 6.07. The number of hydrogen-bond donors (Lipinski definition) is 1. The summed E-state index contributed by atoms with van der Waals surface area (Å²) in [6.45, 7) is 3.96. The maximum absolute atomic E-state index is 10.9. The van der Waals surface area contributed by atoms with Crippen molar-refractivity contribution in [3.63, 3.8) is 0 Å². The lowest BCUT2D eigenvalue weighted by Gasteiger charge is -2.41. The number of nitrogens with zero attached hydrogens (tertiary/aromatic N) is 1. The predicted molar refractivity (Wildman–Crippen MR) is 97.0 cm³/mol. The number of hydrogen-bond acceptors (Lipinski definition) is 3. The normalized spacial score (nSPS) is 24.0. The first-order chi connectivity index (χ1) is 11.8. The third kappa shape index (κ3) is 4.16. The Hall–Kier alpha value is -1.84. The number of aliphatic hydroxyl groups excluding tert-OH is 1. The summed E-state index contributed by atoms with van der Waals surface area (Å²) >= 11 is 0. The molecule has 1 saturated carbocycles. The van der Waals surface area contributed by atoms with E-state index in [1.165, 1.54) is 5.56 Å². The van der Waals surface area contributed by atoms with Crippen LogP contribution in [0.5, 0.6) is 5.75 Å². The molecule has 24 heavy (non-hydrogen) atoms. The molecule has 1 N–H and O–H groups in total. The highest BCUT2D eigenvalue weighted by atomic mass is 16.5. The topological polar surface area (TPSA) is 32.7 Å². The number of aliphatic hydroxyl groups is 1. The quantitative estimate of drug-likeness (QED) is 0.875. The van der Waals surface area contributed by atoms with Crippen molar-refractivity contribution in [2.45, 2.75) is 51.0 Å². The fraction of sp³-hybridized carbons (Fsp3) is 0.429. The Kier molecular flexibility index (Phi) is 5.89. The molecular formula is C21H27NO2. The number of likely N-dealkylation sites (N-methyl/N-ethyl adjacent to an activating group) is 1. The first kappa shape index (κ1) is 17.0. The molecule has 2 aromatic carbocycles. The van der Waals surface area contributed by atoms with Gasteiger partial charge >= 0.3 is 0 Å². The van der Waals surface area contributed by atoms with Crippen molar-refractivity contribution in [1.29, 1.82) is 0 Å². The highest BCUT2D eigenvalue weighted by Crippen LogP contribution is 2.28. The van der Waals surface area contributed by atoms with Crippen molar-refractivity contribution in [3.8, 4) is 5.75 Å². The zero-order valence-corrected chi connectivity index (χ0v) is 14.3. The maximum Gasteiger partial charge on any atom is 0.126 e. The van der Waals surface area contributed by atoms with Gasteiger partial charge in [-0.25, -0.2) is 0 Å². The third-order valence-electron chi connectivity index (χ3n) is 4.90. The molecule has 128 valence electrons. The minimum absolute atomic E-state index is 0.129. The Morgan fingerprint density at radius 1 is 1.00 bits per heavy atom. The van der Waals surface area contributed by atoms with Crippen LogP contribution in [-0.2, 0) is 6.54 Å². The molecule has 0 unspecified atom stereocenters. The smallest absolute Gasteiger partial charge is 0.126 e. The average Bonchev–Trinajstić information content (AvgIpc) is 2.63. The first-order valence-electron chi connectivity index (χ1n) is 8.95. The van der Waals surface area contributed by atoms with Gasteiger partial charge in [0.05, 0.1) is 0 Å². The molecule has 1 aliphatic carbocycles. The molecule has 0 amide bonds. The summed E-state index contributed by atoms with van der Waals surface area (Å²) in [6, 6.07) is 20.5. The average molecular weight is 325 g/mol. The molecule has 3 nitrogen and oxygen atoms in total. The number of benzene rings is 2. The lowest BCUT2D eigenvalue weighted by molar-refractivity contribution is -0.0546. The molecule has 0 heterocycles. The van der Waals surface area contributed by atoms with Crippen LogP contribution in [0.15, 0.2) is 60.7 Å². The molecule has 3 atom stereocenters. The van der Waals surface area contributed by atoms with Crippen LogP contribution in [0.25, 0.3) is 0 Å². The van der Waals surface area contributed by atoms with Crippen LogP contribution >= 0.6 is 0 Å². The van der Waals surface area contributed by atoms with Gasteiger partial charge in [-0.3, -0.25) is 4.90 Å². The fourth-order valence-corrected chi connectivity index (χ4v) is 3.60. The summed E-state index contributed by atoms with van der Waals surface area (Å²) in [5, 5.41) is 10.9. The summed E-state index contributed by atoms with van der Waals surface area (Å²) in [4.78, 5) is 2.38. The van der Waals surface area contributed by atoms with Crippen LogP contribution in [0.4, 0.5) is 0 Å². The second-order valence-corrected chi connectivity index (χ2v) is 6.51. The molecule has 2 aromatic rings. The second kappa shape index (κ2) is 8.32. The van der Waals surface area contributed by atoms with E-state index in [-0.39, 0.29) is 12.1 Å². The van der Waals surface area contributed by atoms with Gasteiger partial charge in [0.2, 0.25) is 0 Å². The Bertz CT molecular complexity index is 602. The molecular weight excluding hydrogens is 298 g/mol. The monoisotopic (exact) mass is 325 g/mol. The standard InChI is InChI=1S/C21H27NO2/c1-2-22(16-17-10-5-3-6-11-17)19-14-9-15-20(21(19)23)24-18-12-7-4-8-13-18/h3-8,10-13,19-21,23H,2,9,14-16H2,1H3/t19-,20+,21+/m0/s1. The summed E-state index contributed by atoms with van der Waals surface area (Å²) in [6.07, 6.45) is 2.44. The second-order valence-electron chi connectivity index (χ2n) is 6.51. The van der Waals surface area contributed by atoms with E-state index < -0.39 is 6.10 Å². The van der Waals surface area contributed by atoms with Gasteiger partial charge in [-0.2, -0.15) is 0 Å². The van der Waals surface area contributed by atoms with Crippen molar-refractivity contribution >= 4 is 0 Å². The molecule has 0 radical (unpaired) electrons. The number of rotatable bonds is 6. The Morgan fingerprint density at radius 2 is 1.67 bits per heavy atom. The highest BCUT2D eigenvalue weighted by molar-refractivity contribution is 5.21. The van der Waals surface area contributed by atoms with E-state index >= 15 is 0 Å². The summed E-state index contributed by atoms with van der Waals surface area (Å²) in [5.41, 5.74) is 1.29. The molecule has 1 aliphatic rings. The van der Waals surface area contributed by atoms with E-state index in [9.17, 15) is 5.11 Å². The lowest BCUT2D eigenvalue weighted by atomic mass is 9.88. The molecule has 3 heteroatoms. The van der Waals surface area contributed by atoms with Gasteiger partial charge in [0, 0.05) is 12.6 Å². The predicted octanol–water partition coefficient (Wildman–Crippen LogP) is 3.87. The molecule has 3 rings (SSSR count). The fourth-order valence-electron chi connectivity index (χ4n) is 3.60. The van der Waals surface area contributed by atoms with Gasteiger partial charge in [0.15, 0.2) is 0 Å². The minimum atomic E-state index is -0.456. The zero-order valence-electron chi connectivity index (χ0n) is 14.3. The van der Waals surface area contributed by atoms with Crippen LogP contribution in [0.1, 0.15) is 31.7 Å². The lowest BCUT2D eigenvalue weighted by Crippen LogP contribution is -2.52. The molecule has 0 aromatic heterocycles. The number of ether oxygens (including phenoxy) is 1. The third-order valence-corrected chi connectivity index (χ3v) is 4.90. The Labute approximate surface area is 144 Å². The molecule has 1 fully saturated rings. The zero-order chi connectivity index (χ0) is 16.8. The van der Waals surface area contributed by atoms with Crippen molar-refractivity contribution in [2.75, 3.05) is 6.54 Å². The van der Waals surface area contributed by atoms with Gasteiger partial charge < -0.3 is 9.84 Å². The van der Waals surface area contributed by atoms with Crippen molar-refractivity contribution in [3.05, 3.63) is 66.2 Å².